The summed E-state index contributed by atoms with van der Waals surface area (Å²) in [6, 6.07) is 9.86. The molecule has 72 valence electrons. The predicted octanol–water partition coefficient (Wildman–Crippen LogP) is 0.987. The minimum absolute atomic E-state index is 0.743. The van der Waals surface area contributed by atoms with Gasteiger partial charge in [0, 0.05) is 6.54 Å². The first-order valence-electron chi connectivity index (χ1n) is 4.51. The fourth-order valence-electron chi connectivity index (χ4n) is 1.24. The Morgan fingerprint density at radius 2 is 2.07 bits per heavy atom. The molecule has 0 saturated carbocycles. The average molecular weight is 188 g/mol. The molecule has 0 atom stereocenters. The lowest BCUT2D eigenvalue weighted by Gasteiger charge is -1.97. The molecule has 0 fully saturated rings. The van der Waals surface area contributed by atoms with Gasteiger partial charge in [0.1, 0.15) is 0 Å². The summed E-state index contributed by atoms with van der Waals surface area (Å²) in [6.45, 7) is 0.743. The van der Waals surface area contributed by atoms with Gasteiger partial charge in [-0.1, -0.05) is 18.2 Å². The van der Waals surface area contributed by atoms with Gasteiger partial charge in [0.15, 0.2) is 0 Å². The van der Waals surface area contributed by atoms with Crippen molar-refractivity contribution in [2.24, 2.45) is 0 Å². The fourth-order valence-corrected chi connectivity index (χ4v) is 1.24. The van der Waals surface area contributed by atoms with Gasteiger partial charge in [-0.05, 0) is 19.2 Å². The van der Waals surface area contributed by atoms with E-state index in [-0.39, 0.29) is 0 Å². The van der Waals surface area contributed by atoms with Crippen molar-refractivity contribution in [2.75, 3.05) is 7.05 Å². The van der Waals surface area contributed by atoms with Gasteiger partial charge < -0.3 is 5.32 Å². The maximum Gasteiger partial charge on any atom is 0.0969 e. The number of nitrogens with one attached hydrogen (secondary N) is 1. The molecule has 1 heterocycles. The second kappa shape index (κ2) is 4.02. The van der Waals surface area contributed by atoms with E-state index in [1.807, 2.05) is 37.4 Å². The Balaban J connectivity index is 2.25. The minimum atomic E-state index is 0.743. The van der Waals surface area contributed by atoms with Crippen LogP contribution in [0.5, 0.6) is 0 Å². The van der Waals surface area contributed by atoms with Crippen molar-refractivity contribution in [3.8, 4) is 5.69 Å². The number of rotatable bonds is 3. The van der Waals surface area contributed by atoms with E-state index in [4.69, 9.17) is 0 Å². The number of nitrogens with zero attached hydrogens (tertiary/aromatic N) is 3. The van der Waals surface area contributed by atoms with Gasteiger partial charge in [0.2, 0.25) is 0 Å². The minimum Gasteiger partial charge on any atom is -0.314 e. The third kappa shape index (κ3) is 1.80. The van der Waals surface area contributed by atoms with E-state index >= 15 is 0 Å². The van der Waals surface area contributed by atoms with Crippen LogP contribution in [0.25, 0.3) is 5.69 Å². The van der Waals surface area contributed by atoms with Crippen LogP contribution < -0.4 is 5.32 Å². The molecule has 0 aliphatic heterocycles. The summed E-state index contributed by atoms with van der Waals surface area (Å²) >= 11 is 0. The Morgan fingerprint density at radius 3 is 2.79 bits per heavy atom. The molecule has 4 nitrogen and oxygen atoms in total. The van der Waals surface area contributed by atoms with Crippen LogP contribution in [0.1, 0.15) is 5.69 Å². The highest BCUT2D eigenvalue weighted by Gasteiger charge is 2.00. The molecule has 0 bridgehead atoms. The van der Waals surface area contributed by atoms with Crippen molar-refractivity contribution < 1.29 is 0 Å². The molecule has 1 N–H and O–H groups in total. The van der Waals surface area contributed by atoms with Crippen molar-refractivity contribution >= 4 is 0 Å². The lowest BCUT2D eigenvalue weighted by Crippen LogP contribution is -2.06. The predicted molar refractivity (Wildman–Crippen MR) is 54.1 cm³/mol. The van der Waals surface area contributed by atoms with Gasteiger partial charge in [0.05, 0.1) is 17.6 Å². The van der Waals surface area contributed by atoms with Crippen LogP contribution in [-0.2, 0) is 6.54 Å². The first-order chi connectivity index (χ1) is 6.90. The normalized spacial score (nSPS) is 10.4. The number of hydrogen-bond acceptors (Lipinski definition) is 3. The molecule has 0 radical (unpaired) electrons. The van der Waals surface area contributed by atoms with Crippen molar-refractivity contribution in [1.29, 1.82) is 0 Å². The zero-order chi connectivity index (χ0) is 9.80. The molecule has 0 amide bonds. The smallest absolute Gasteiger partial charge is 0.0969 e. The Hall–Kier alpha value is -1.68. The number of hydrogen-bond donors (Lipinski definition) is 1. The fraction of sp³-hybridized carbons (Fsp3) is 0.200. The molecule has 4 heteroatoms. The summed E-state index contributed by atoms with van der Waals surface area (Å²) < 4.78 is 0. The zero-order valence-electron chi connectivity index (χ0n) is 8.01. The van der Waals surface area contributed by atoms with Gasteiger partial charge in [-0.2, -0.15) is 15.0 Å². The summed E-state index contributed by atoms with van der Waals surface area (Å²) in [7, 11) is 1.89. The third-order valence-electron chi connectivity index (χ3n) is 1.88. The molecule has 14 heavy (non-hydrogen) atoms. The van der Waals surface area contributed by atoms with Crippen LogP contribution in [0.2, 0.25) is 0 Å². The van der Waals surface area contributed by atoms with E-state index in [2.05, 4.69) is 15.5 Å². The molecule has 0 spiro atoms. The van der Waals surface area contributed by atoms with Crippen LogP contribution in [-0.4, -0.2) is 22.0 Å². The molecular formula is C10H12N4. The van der Waals surface area contributed by atoms with E-state index in [9.17, 15) is 0 Å². The maximum atomic E-state index is 4.31. The highest BCUT2D eigenvalue weighted by molar-refractivity contribution is 5.28. The van der Waals surface area contributed by atoms with E-state index in [1.54, 1.807) is 11.0 Å². The van der Waals surface area contributed by atoms with E-state index in [0.717, 1.165) is 17.9 Å². The molecule has 0 unspecified atom stereocenters. The average Bonchev–Trinajstić information content (AvgIpc) is 2.68. The molecule has 1 aromatic heterocycles. The van der Waals surface area contributed by atoms with Gasteiger partial charge in [-0.15, -0.1) is 0 Å². The third-order valence-corrected chi connectivity index (χ3v) is 1.88. The number of para-hydroxylation sites is 1. The molecule has 1 aromatic carbocycles. The second-order valence-electron chi connectivity index (χ2n) is 2.99. The summed E-state index contributed by atoms with van der Waals surface area (Å²) in [5.41, 5.74) is 1.92. The lowest BCUT2D eigenvalue weighted by atomic mass is 10.3. The lowest BCUT2D eigenvalue weighted by molar-refractivity contribution is 0.716. The summed E-state index contributed by atoms with van der Waals surface area (Å²) in [5.74, 6) is 0. The Bertz CT molecular complexity index is 394. The quantitative estimate of drug-likeness (QED) is 0.781. The first-order valence-corrected chi connectivity index (χ1v) is 4.51. The molecular weight excluding hydrogens is 176 g/mol. The summed E-state index contributed by atoms with van der Waals surface area (Å²) in [4.78, 5) is 1.63. The zero-order valence-corrected chi connectivity index (χ0v) is 8.01. The van der Waals surface area contributed by atoms with E-state index in [0.29, 0.717) is 0 Å². The van der Waals surface area contributed by atoms with Crippen LogP contribution in [0.4, 0.5) is 0 Å². The highest BCUT2D eigenvalue weighted by atomic mass is 15.5. The summed E-state index contributed by atoms with van der Waals surface area (Å²) in [5, 5.41) is 11.5. The van der Waals surface area contributed by atoms with Crippen molar-refractivity contribution in [3.05, 3.63) is 42.2 Å². The summed E-state index contributed by atoms with van der Waals surface area (Å²) in [6.07, 6.45) is 1.77. The van der Waals surface area contributed by atoms with Crippen LogP contribution in [0.15, 0.2) is 36.5 Å². The Labute approximate surface area is 82.6 Å². The Morgan fingerprint density at radius 1 is 1.29 bits per heavy atom. The largest absolute Gasteiger partial charge is 0.314 e. The van der Waals surface area contributed by atoms with Crippen LogP contribution in [0.3, 0.4) is 0 Å². The van der Waals surface area contributed by atoms with Crippen molar-refractivity contribution in [2.45, 2.75) is 6.54 Å². The van der Waals surface area contributed by atoms with E-state index < -0.39 is 0 Å². The molecule has 0 aliphatic rings. The van der Waals surface area contributed by atoms with Crippen molar-refractivity contribution in [3.63, 3.8) is 0 Å². The first kappa shape index (κ1) is 8.90. The SMILES string of the molecule is CNCc1cnn(-c2ccccc2)n1. The highest BCUT2D eigenvalue weighted by Crippen LogP contribution is 2.03. The van der Waals surface area contributed by atoms with Crippen LogP contribution >= 0.6 is 0 Å². The maximum absolute atomic E-state index is 4.31. The topological polar surface area (TPSA) is 42.7 Å². The van der Waals surface area contributed by atoms with Gasteiger partial charge >= 0.3 is 0 Å². The van der Waals surface area contributed by atoms with Crippen LogP contribution in [0, 0.1) is 0 Å². The molecule has 0 saturated heterocycles. The van der Waals surface area contributed by atoms with Gasteiger partial charge in [0.25, 0.3) is 0 Å². The molecule has 2 rings (SSSR count). The number of aromatic nitrogens is 3. The van der Waals surface area contributed by atoms with Crippen molar-refractivity contribution in [1.82, 2.24) is 20.3 Å². The number of benzene rings is 1. The Kier molecular flexibility index (Phi) is 2.55. The molecule has 2 aromatic rings. The van der Waals surface area contributed by atoms with E-state index in [1.165, 1.54) is 0 Å². The monoisotopic (exact) mass is 188 g/mol. The van der Waals surface area contributed by atoms with Gasteiger partial charge in [-0.3, -0.25) is 0 Å². The molecule has 0 aliphatic carbocycles. The second-order valence-corrected chi connectivity index (χ2v) is 2.99. The standard InChI is InChI=1S/C10H12N4/c1-11-7-9-8-12-14(13-9)10-5-3-2-4-6-10/h2-6,8,11H,7H2,1H3. The van der Waals surface area contributed by atoms with Gasteiger partial charge in [-0.25, -0.2) is 0 Å².